The van der Waals surface area contributed by atoms with Gasteiger partial charge < -0.3 is 10.2 Å². The summed E-state index contributed by atoms with van der Waals surface area (Å²) in [7, 11) is 0. The molecule has 0 aliphatic carbocycles. The number of carbonyl (C=O) groups is 1. The minimum absolute atomic E-state index is 0.0411. The number of rotatable bonds is 2. The Morgan fingerprint density at radius 3 is 2.86 bits per heavy atom. The van der Waals surface area contributed by atoms with Crippen molar-refractivity contribution < 1.29 is 15.0 Å². The second-order valence-electron chi connectivity index (χ2n) is 2.91. The molecule has 0 fully saturated rings. The molecule has 0 unspecified atom stereocenters. The summed E-state index contributed by atoms with van der Waals surface area (Å²) in [5.41, 5.74) is 0.941. The molecule has 1 aromatic carbocycles. The van der Waals surface area contributed by atoms with Gasteiger partial charge in [-0.25, -0.2) is 0 Å². The van der Waals surface area contributed by atoms with E-state index in [1.165, 1.54) is 17.4 Å². The number of fused-ring (bicyclic) bond motifs is 1. The van der Waals surface area contributed by atoms with Crippen molar-refractivity contribution in [1.82, 2.24) is 0 Å². The molecule has 4 heteroatoms. The smallest absolute Gasteiger partial charge is 0.154 e. The SMILES string of the molecule is O=Cc1c(O)ccc2scc(CO)c12. The van der Waals surface area contributed by atoms with Crippen LogP contribution in [0.4, 0.5) is 0 Å². The lowest BCUT2D eigenvalue weighted by atomic mass is 10.1. The van der Waals surface area contributed by atoms with Crippen LogP contribution in [0.25, 0.3) is 10.1 Å². The Bertz CT molecular complexity index is 487. The average molecular weight is 208 g/mol. The maximum absolute atomic E-state index is 10.8. The first-order chi connectivity index (χ1) is 6.77. The van der Waals surface area contributed by atoms with Crippen molar-refractivity contribution >= 4 is 27.7 Å². The van der Waals surface area contributed by atoms with Crippen LogP contribution in [0.3, 0.4) is 0 Å². The normalized spacial score (nSPS) is 10.6. The van der Waals surface area contributed by atoms with E-state index in [0.717, 1.165) is 4.70 Å². The summed E-state index contributed by atoms with van der Waals surface area (Å²) in [6.45, 7) is -0.121. The van der Waals surface area contributed by atoms with Crippen molar-refractivity contribution in [2.75, 3.05) is 0 Å². The highest BCUT2D eigenvalue weighted by atomic mass is 32.1. The zero-order valence-corrected chi connectivity index (χ0v) is 8.04. The molecule has 2 rings (SSSR count). The van der Waals surface area contributed by atoms with E-state index in [9.17, 15) is 9.90 Å². The van der Waals surface area contributed by atoms with Gasteiger partial charge in [0.05, 0.1) is 12.2 Å². The highest BCUT2D eigenvalue weighted by molar-refractivity contribution is 7.17. The van der Waals surface area contributed by atoms with Crippen molar-refractivity contribution in [2.45, 2.75) is 6.61 Å². The molecule has 2 N–H and O–H groups in total. The monoisotopic (exact) mass is 208 g/mol. The molecule has 0 saturated carbocycles. The van der Waals surface area contributed by atoms with Crippen molar-refractivity contribution in [3.05, 3.63) is 28.6 Å². The fraction of sp³-hybridized carbons (Fsp3) is 0.100. The van der Waals surface area contributed by atoms with E-state index in [0.29, 0.717) is 17.2 Å². The number of hydrogen-bond acceptors (Lipinski definition) is 4. The van der Waals surface area contributed by atoms with E-state index in [-0.39, 0.29) is 17.9 Å². The number of carbonyl (C=O) groups excluding carboxylic acids is 1. The van der Waals surface area contributed by atoms with Gasteiger partial charge in [0.2, 0.25) is 0 Å². The third-order valence-electron chi connectivity index (χ3n) is 2.12. The van der Waals surface area contributed by atoms with Gasteiger partial charge in [-0.15, -0.1) is 11.3 Å². The molecule has 0 radical (unpaired) electrons. The van der Waals surface area contributed by atoms with Gasteiger partial charge in [-0.2, -0.15) is 0 Å². The summed E-state index contributed by atoms with van der Waals surface area (Å²) in [6.07, 6.45) is 0.615. The van der Waals surface area contributed by atoms with Crippen LogP contribution >= 0.6 is 11.3 Å². The molecule has 0 bridgehead atoms. The van der Waals surface area contributed by atoms with E-state index >= 15 is 0 Å². The Labute approximate surface area is 84.2 Å². The molecule has 72 valence electrons. The van der Waals surface area contributed by atoms with Crippen molar-refractivity contribution in [3.8, 4) is 5.75 Å². The Kier molecular flexibility index (Phi) is 2.23. The highest BCUT2D eigenvalue weighted by Crippen LogP contribution is 2.32. The number of aromatic hydroxyl groups is 1. The summed E-state index contributed by atoms with van der Waals surface area (Å²) >= 11 is 1.45. The Morgan fingerprint density at radius 1 is 1.43 bits per heavy atom. The molecule has 0 spiro atoms. The van der Waals surface area contributed by atoms with Crippen molar-refractivity contribution in [1.29, 1.82) is 0 Å². The van der Waals surface area contributed by atoms with Crippen LogP contribution in [-0.4, -0.2) is 16.5 Å². The molecule has 3 nitrogen and oxygen atoms in total. The molecule has 1 aromatic heterocycles. The fourth-order valence-corrected chi connectivity index (χ4v) is 2.41. The number of hydrogen-bond donors (Lipinski definition) is 2. The average Bonchev–Trinajstić information content (AvgIpc) is 2.61. The van der Waals surface area contributed by atoms with Crippen LogP contribution in [-0.2, 0) is 6.61 Å². The molecule has 0 aliphatic rings. The zero-order chi connectivity index (χ0) is 10.1. The molecule has 0 saturated heterocycles. The quantitative estimate of drug-likeness (QED) is 0.741. The lowest BCUT2D eigenvalue weighted by Crippen LogP contribution is -1.86. The van der Waals surface area contributed by atoms with E-state index < -0.39 is 0 Å². The maximum Gasteiger partial charge on any atom is 0.154 e. The largest absolute Gasteiger partial charge is 0.507 e. The standard InChI is InChI=1S/C10H8O3S/c11-3-6-5-14-9-2-1-8(13)7(4-12)10(6)9/h1-2,4-5,11,13H,3H2. The van der Waals surface area contributed by atoms with E-state index in [2.05, 4.69) is 0 Å². The summed E-state index contributed by atoms with van der Waals surface area (Å²) in [5, 5.41) is 20.9. The molecular formula is C10H8O3S. The third kappa shape index (κ3) is 1.20. The lowest BCUT2D eigenvalue weighted by molar-refractivity contribution is 0.112. The third-order valence-corrected chi connectivity index (χ3v) is 3.12. The number of benzene rings is 1. The Balaban J connectivity index is 2.88. The first kappa shape index (κ1) is 9.18. The molecule has 0 aliphatic heterocycles. The van der Waals surface area contributed by atoms with Gasteiger partial charge in [0.1, 0.15) is 5.75 Å². The summed E-state index contributed by atoms with van der Waals surface area (Å²) in [5.74, 6) is -0.0411. The van der Waals surface area contributed by atoms with Crippen molar-refractivity contribution in [3.63, 3.8) is 0 Å². The number of aliphatic hydroxyl groups is 1. The minimum Gasteiger partial charge on any atom is -0.507 e. The molecule has 2 aromatic rings. The van der Waals surface area contributed by atoms with E-state index in [1.54, 1.807) is 11.4 Å². The van der Waals surface area contributed by atoms with E-state index in [4.69, 9.17) is 5.11 Å². The predicted octanol–water partition coefficient (Wildman–Crippen LogP) is 1.91. The van der Waals surface area contributed by atoms with Gasteiger partial charge in [-0.1, -0.05) is 0 Å². The summed E-state index contributed by atoms with van der Waals surface area (Å²) in [6, 6.07) is 3.23. The molecule has 14 heavy (non-hydrogen) atoms. The number of aliphatic hydroxyl groups excluding tert-OH is 1. The van der Waals surface area contributed by atoms with Crippen LogP contribution in [0.1, 0.15) is 15.9 Å². The zero-order valence-electron chi connectivity index (χ0n) is 7.23. The topological polar surface area (TPSA) is 57.5 Å². The van der Waals surface area contributed by atoms with E-state index in [1.807, 2.05) is 0 Å². The van der Waals surface area contributed by atoms with Gasteiger partial charge >= 0.3 is 0 Å². The van der Waals surface area contributed by atoms with Crippen LogP contribution in [0.15, 0.2) is 17.5 Å². The van der Waals surface area contributed by atoms with Gasteiger partial charge in [-0.3, -0.25) is 4.79 Å². The number of thiophene rings is 1. The first-order valence-corrected chi connectivity index (χ1v) is 4.94. The fourth-order valence-electron chi connectivity index (χ4n) is 1.45. The number of aldehydes is 1. The Morgan fingerprint density at radius 2 is 2.21 bits per heavy atom. The highest BCUT2D eigenvalue weighted by Gasteiger charge is 2.11. The van der Waals surface area contributed by atoms with Crippen LogP contribution in [0.5, 0.6) is 5.75 Å². The number of phenols is 1. The first-order valence-electron chi connectivity index (χ1n) is 4.06. The molecular weight excluding hydrogens is 200 g/mol. The lowest BCUT2D eigenvalue weighted by Gasteiger charge is -2.00. The van der Waals surface area contributed by atoms with Gasteiger partial charge in [0.25, 0.3) is 0 Å². The second kappa shape index (κ2) is 3.40. The van der Waals surface area contributed by atoms with Gasteiger partial charge in [0, 0.05) is 10.1 Å². The van der Waals surface area contributed by atoms with Gasteiger partial charge in [-0.05, 0) is 23.1 Å². The van der Waals surface area contributed by atoms with Crippen molar-refractivity contribution in [2.24, 2.45) is 0 Å². The summed E-state index contributed by atoms with van der Waals surface area (Å²) in [4.78, 5) is 10.8. The number of phenolic OH excluding ortho intramolecular Hbond substituents is 1. The Hall–Kier alpha value is -1.39. The molecule has 0 amide bonds. The minimum atomic E-state index is -0.121. The maximum atomic E-state index is 10.8. The molecule has 1 heterocycles. The summed E-state index contributed by atoms with van der Waals surface area (Å²) < 4.78 is 0.897. The van der Waals surface area contributed by atoms with Crippen LogP contribution < -0.4 is 0 Å². The van der Waals surface area contributed by atoms with Gasteiger partial charge in [0.15, 0.2) is 6.29 Å². The van der Waals surface area contributed by atoms with Crippen LogP contribution in [0.2, 0.25) is 0 Å². The molecule has 0 atom stereocenters. The second-order valence-corrected chi connectivity index (χ2v) is 3.82. The predicted molar refractivity (Wildman–Crippen MR) is 54.8 cm³/mol. The van der Waals surface area contributed by atoms with Crippen LogP contribution in [0, 0.1) is 0 Å².